The van der Waals surface area contributed by atoms with Gasteiger partial charge in [0, 0.05) is 18.2 Å². The number of nitrogens with one attached hydrogen (secondary N) is 1. The number of benzene rings is 1. The van der Waals surface area contributed by atoms with Crippen molar-refractivity contribution >= 4 is 6.21 Å². The van der Waals surface area contributed by atoms with Crippen LogP contribution in [0, 0.1) is 24.7 Å². The zero-order valence-electron chi connectivity index (χ0n) is 8.49. The minimum Gasteiger partial charge on any atom is -0.507 e. The fraction of sp³-hybridized carbons (Fsp3) is 0.250. The van der Waals surface area contributed by atoms with Gasteiger partial charge >= 0.3 is 0 Å². The maximum Gasteiger partial charge on any atom is 0.124 e. The van der Waals surface area contributed by atoms with E-state index in [9.17, 15) is 10.2 Å². The molecule has 0 aliphatic rings. The summed E-state index contributed by atoms with van der Waals surface area (Å²) >= 11 is 0. The first kappa shape index (κ1) is 11.3. The predicted octanol–water partition coefficient (Wildman–Crippen LogP) is 1.75. The highest BCUT2D eigenvalue weighted by Gasteiger charge is 2.12. The first-order valence-corrected chi connectivity index (χ1v) is 4.55. The van der Waals surface area contributed by atoms with Gasteiger partial charge in [0.25, 0.3) is 0 Å². The lowest BCUT2D eigenvalue weighted by Crippen LogP contribution is -2.00. The third kappa shape index (κ3) is 2.36. The quantitative estimate of drug-likeness (QED) is 0.517. The molecule has 0 aliphatic carbocycles. The van der Waals surface area contributed by atoms with Crippen LogP contribution in [0.25, 0.3) is 0 Å². The van der Waals surface area contributed by atoms with Gasteiger partial charge in [-0.2, -0.15) is 0 Å². The van der Waals surface area contributed by atoms with E-state index < -0.39 is 6.10 Å². The Hall–Kier alpha value is -1.79. The molecule has 3 heteroatoms. The fourth-order valence-corrected chi connectivity index (χ4v) is 1.42. The molecule has 0 radical (unpaired) electrons. The number of aliphatic hydroxyl groups is 1. The number of phenols is 1. The predicted molar refractivity (Wildman–Crippen MR) is 59.1 cm³/mol. The van der Waals surface area contributed by atoms with Crippen molar-refractivity contribution in [1.82, 2.24) is 0 Å². The molecular formula is C12H13NO2. The van der Waals surface area contributed by atoms with Crippen LogP contribution in [0.4, 0.5) is 0 Å². The Morgan fingerprint density at radius 1 is 1.60 bits per heavy atom. The number of hydrogen-bond donors (Lipinski definition) is 3. The summed E-state index contributed by atoms with van der Waals surface area (Å²) in [6.07, 6.45) is 5.64. The second-order valence-electron chi connectivity index (χ2n) is 3.34. The van der Waals surface area contributed by atoms with Crippen LogP contribution in [0.15, 0.2) is 12.1 Å². The third-order valence-corrected chi connectivity index (χ3v) is 2.24. The molecule has 1 aromatic carbocycles. The maximum atomic E-state index is 9.71. The number of hydrogen-bond acceptors (Lipinski definition) is 3. The molecule has 0 saturated carbocycles. The molecule has 0 aromatic heterocycles. The van der Waals surface area contributed by atoms with E-state index in [2.05, 4.69) is 5.92 Å². The molecule has 0 saturated heterocycles. The summed E-state index contributed by atoms with van der Waals surface area (Å²) in [4.78, 5) is 0. The maximum absolute atomic E-state index is 9.71. The van der Waals surface area contributed by atoms with Gasteiger partial charge in [-0.05, 0) is 30.2 Å². The first-order chi connectivity index (χ1) is 7.10. The van der Waals surface area contributed by atoms with Gasteiger partial charge in [-0.25, -0.2) is 0 Å². The summed E-state index contributed by atoms with van der Waals surface area (Å²) in [5, 5.41) is 26.3. The summed E-state index contributed by atoms with van der Waals surface area (Å²) in [5.41, 5.74) is 1.80. The summed E-state index contributed by atoms with van der Waals surface area (Å²) < 4.78 is 0. The molecular weight excluding hydrogens is 190 g/mol. The Morgan fingerprint density at radius 2 is 2.27 bits per heavy atom. The topological polar surface area (TPSA) is 64.3 Å². The van der Waals surface area contributed by atoms with Crippen LogP contribution < -0.4 is 0 Å². The van der Waals surface area contributed by atoms with E-state index in [1.165, 1.54) is 6.07 Å². The lowest BCUT2D eigenvalue weighted by Gasteiger charge is -2.12. The normalized spacial score (nSPS) is 11.8. The van der Waals surface area contributed by atoms with Crippen LogP contribution in [0.2, 0.25) is 0 Å². The molecule has 1 aromatic rings. The van der Waals surface area contributed by atoms with Crippen LogP contribution >= 0.6 is 0 Å². The van der Waals surface area contributed by atoms with Crippen LogP contribution in [-0.2, 0) is 0 Å². The smallest absolute Gasteiger partial charge is 0.124 e. The molecule has 0 fully saturated rings. The zero-order chi connectivity index (χ0) is 11.4. The van der Waals surface area contributed by atoms with Crippen LogP contribution in [-0.4, -0.2) is 16.4 Å². The van der Waals surface area contributed by atoms with Crippen molar-refractivity contribution in [2.24, 2.45) is 0 Å². The standard InChI is InChI=1S/C12H13NO2/c1-3-4-11(14)10-6-9(7-13)12(15)5-8(10)2/h1,5-7,11,13-15H,4H2,2H3. The summed E-state index contributed by atoms with van der Waals surface area (Å²) in [5.74, 6) is 2.42. The van der Waals surface area contributed by atoms with Crippen LogP contribution in [0.1, 0.15) is 29.2 Å². The van der Waals surface area contributed by atoms with Crippen molar-refractivity contribution in [1.29, 1.82) is 5.41 Å². The second-order valence-corrected chi connectivity index (χ2v) is 3.34. The highest BCUT2D eigenvalue weighted by atomic mass is 16.3. The van der Waals surface area contributed by atoms with Crippen molar-refractivity contribution in [2.75, 3.05) is 0 Å². The van der Waals surface area contributed by atoms with Crippen molar-refractivity contribution < 1.29 is 10.2 Å². The first-order valence-electron chi connectivity index (χ1n) is 4.55. The van der Waals surface area contributed by atoms with Crippen molar-refractivity contribution in [3.8, 4) is 18.1 Å². The van der Waals surface area contributed by atoms with E-state index in [1.807, 2.05) is 0 Å². The van der Waals surface area contributed by atoms with Gasteiger partial charge in [-0.3, -0.25) is 0 Å². The van der Waals surface area contributed by atoms with E-state index in [0.29, 0.717) is 11.1 Å². The molecule has 3 nitrogen and oxygen atoms in total. The van der Waals surface area contributed by atoms with E-state index in [4.69, 9.17) is 11.8 Å². The molecule has 1 rings (SSSR count). The van der Waals surface area contributed by atoms with Crippen molar-refractivity contribution in [3.63, 3.8) is 0 Å². The summed E-state index contributed by atoms with van der Waals surface area (Å²) in [7, 11) is 0. The van der Waals surface area contributed by atoms with Gasteiger partial charge in [0.15, 0.2) is 0 Å². The average Bonchev–Trinajstić information content (AvgIpc) is 2.18. The highest BCUT2D eigenvalue weighted by Crippen LogP contribution is 2.26. The largest absolute Gasteiger partial charge is 0.507 e. The minimum atomic E-state index is -0.741. The minimum absolute atomic E-state index is 0.0409. The molecule has 3 N–H and O–H groups in total. The van der Waals surface area contributed by atoms with E-state index in [1.54, 1.807) is 13.0 Å². The number of terminal acetylenes is 1. The fourth-order valence-electron chi connectivity index (χ4n) is 1.42. The molecule has 0 heterocycles. The molecule has 0 spiro atoms. The van der Waals surface area contributed by atoms with E-state index in [0.717, 1.165) is 11.8 Å². The average molecular weight is 203 g/mol. The van der Waals surface area contributed by atoms with E-state index >= 15 is 0 Å². The zero-order valence-corrected chi connectivity index (χ0v) is 8.49. The Kier molecular flexibility index (Phi) is 3.48. The monoisotopic (exact) mass is 203 g/mol. The van der Waals surface area contributed by atoms with Gasteiger partial charge in [0.1, 0.15) is 5.75 Å². The summed E-state index contributed by atoms with van der Waals surface area (Å²) in [6, 6.07) is 3.11. The number of rotatable bonds is 3. The van der Waals surface area contributed by atoms with Gasteiger partial charge in [0.05, 0.1) is 6.10 Å². The Labute approximate surface area is 88.9 Å². The Balaban J connectivity index is 3.19. The van der Waals surface area contributed by atoms with E-state index in [-0.39, 0.29) is 12.2 Å². The molecule has 0 aliphatic heterocycles. The number of phenolic OH excluding ortho intramolecular Hbond substituents is 1. The van der Waals surface area contributed by atoms with Gasteiger partial charge in [-0.15, -0.1) is 12.3 Å². The van der Waals surface area contributed by atoms with Crippen molar-refractivity contribution in [2.45, 2.75) is 19.4 Å². The lowest BCUT2D eigenvalue weighted by atomic mass is 9.98. The third-order valence-electron chi connectivity index (χ3n) is 2.24. The molecule has 0 amide bonds. The molecule has 15 heavy (non-hydrogen) atoms. The molecule has 78 valence electrons. The second kappa shape index (κ2) is 4.63. The SMILES string of the molecule is C#CCC(O)c1cc(C=N)c(O)cc1C. The lowest BCUT2D eigenvalue weighted by molar-refractivity contribution is 0.183. The number of aryl methyl sites for hydroxylation is 1. The number of aromatic hydroxyl groups is 1. The molecule has 1 atom stereocenters. The molecule has 1 unspecified atom stereocenters. The van der Waals surface area contributed by atoms with Gasteiger partial charge < -0.3 is 15.6 Å². The van der Waals surface area contributed by atoms with Gasteiger partial charge in [-0.1, -0.05) is 0 Å². The Morgan fingerprint density at radius 3 is 2.80 bits per heavy atom. The molecule has 0 bridgehead atoms. The number of aliphatic hydroxyl groups excluding tert-OH is 1. The Bertz CT molecular complexity index is 418. The van der Waals surface area contributed by atoms with Gasteiger partial charge in [0.2, 0.25) is 0 Å². The van der Waals surface area contributed by atoms with Crippen molar-refractivity contribution in [3.05, 3.63) is 28.8 Å². The van der Waals surface area contributed by atoms with Crippen LogP contribution in [0.5, 0.6) is 5.75 Å². The summed E-state index contributed by atoms with van der Waals surface area (Å²) in [6.45, 7) is 1.78. The highest BCUT2D eigenvalue weighted by molar-refractivity contribution is 5.81. The van der Waals surface area contributed by atoms with Crippen LogP contribution in [0.3, 0.4) is 0 Å².